The van der Waals surface area contributed by atoms with Gasteiger partial charge in [0.05, 0.1) is 5.56 Å². The molecule has 1 aromatic heterocycles. The van der Waals surface area contributed by atoms with Crippen molar-refractivity contribution in [2.24, 2.45) is 17.6 Å². The maximum absolute atomic E-state index is 13.7. The van der Waals surface area contributed by atoms with Gasteiger partial charge in [-0.05, 0) is 30.4 Å². The summed E-state index contributed by atoms with van der Waals surface area (Å²) in [5, 5.41) is 47.1. The van der Waals surface area contributed by atoms with Gasteiger partial charge < -0.3 is 40.8 Å². The molecule has 15 heteroatoms. The van der Waals surface area contributed by atoms with E-state index in [1.54, 1.807) is 25.1 Å². The van der Waals surface area contributed by atoms with Crippen LogP contribution in [-0.2, 0) is 33.5 Å². The zero-order chi connectivity index (χ0) is 30.2. The van der Waals surface area contributed by atoms with E-state index in [0.717, 1.165) is 0 Å². The predicted octanol–water partition coefficient (Wildman–Crippen LogP) is 2.11. The minimum Gasteiger partial charge on any atom is -0.508 e. The van der Waals surface area contributed by atoms with Crippen molar-refractivity contribution in [2.45, 2.75) is 37.6 Å². The van der Waals surface area contributed by atoms with Crippen molar-refractivity contribution in [3.05, 3.63) is 51.6 Å². The number of aliphatic hydroxyl groups is 3. The van der Waals surface area contributed by atoms with Crippen LogP contribution < -0.4 is 16.0 Å². The fourth-order valence-electron chi connectivity index (χ4n) is 5.91. The number of carbonyl (C=O) groups is 3. The number of phenols is 1. The Kier molecular flexibility index (Phi) is 6.33. The minimum atomic E-state index is -4.73. The zero-order valence-electron chi connectivity index (χ0n) is 21.7. The first kappa shape index (κ1) is 28.0. The standard InChI is InChI=1S/C26H25F3N4O8/c1-33(2)13-5-10(7-31-24-32-15(8-41-24)26(27,28)29)19(35)17-12(13)4-9-3-11-6-14(34)18(23(30)39)22(38)25(11,40)21(37)16(9)20(17)36/h5,8-9,11,35-36,38,40H,3-4,6-7H2,1-2H3,(H2,30,39)(H,31,32)/t9-,11+,25+/m1/s1. The normalized spacial score (nSPS) is 24.1. The lowest BCUT2D eigenvalue weighted by Gasteiger charge is -2.46. The second kappa shape index (κ2) is 9.26. The number of nitrogens with one attached hydrogen (secondary N) is 1. The summed E-state index contributed by atoms with van der Waals surface area (Å²) in [6.07, 6.45) is -4.67. The number of aromatic nitrogens is 1. The van der Waals surface area contributed by atoms with Crippen molar-refractivity contribution in [1.82, 2.24) is 4.98 Å². The van der Waals surface area contributed by atoms with Gasteiger partial charge in [0.1, 0.15) is 29.1 Å². The molecular weight excluding hydrogens is 553 g/mol. The molecule has 0 spiro atoms. The number of amides is 1. The van der Waals surface area contributed by atoms with E-state index in [1.807, 2.05) is 0 Å². The number of anilines is 2. The number of nitrogens with two attached hydrogens (primary N) is 1. The molecule has 1 aromatic carbocycles. The Morgan fingerprint density at radius 1 is 1.24 bits per heavy atom. The van der Waals surface area contributed by atoms with Gasteiger partial charge in [-0.1, -0.05) is 0 Å². The maximum Gasteiger partial charge on any atom is 0.436 e. The molecule has 2 aromatic rings. The van der Waals surface area contributed by atoms with Crippen LogP contribution in [0.2, 0.25) is 0 Å². The van der Waals surface area contributed by atoms with Crippen LogP contribution >= 0.6 is 0 Å². The average Bonchev–Trinajstić information content (AvgIpc) is 3.35. The van der Waals surface area contributed by atoms with E-state index < -0.39 is 82.1 Å². The number of benzene rings is 1. The monoisotopic (exact) mass is 578 g/mol. The van der Waals surface area contributed by atoms with E-state index >= 15 is 0 Å². The summed E-state index contributed by atoms with van der Waals surface area (Å²) < 4.78 is 43.4. The molecule has 0 radical (unpaired) electrons. The maximum atomic E-state index is 13.7. The fourth-order valence-corrected chi connectivity index (χ4v) is 5.91. The van der Waals surface area contributed by atoms with E-state index in [4.69, 9.17) is 10.2 Å². The largest absolute Gasteiger partial charge is 0.508 e. The lowest BCUT2D eigenvalue weighted by molar-refractivity contribution is -0.147. The molecule has 5 rings (SSSR count). The van der Waals surface area contributed by atoms with E-state index in [-0.39, 0.29) is 36.1 Å². The highest BCUT2D eigenvalue weighted by atomic mass is 19.4. The first-order valence-electron chi connectivity index (χ1n) is 12.4. The first-order chi connectivity index (χ1) is 19.1. The molecule has 0 saturated heterocycles. The number of nitrogens with zero attached hydrogens (tertiary/aromatic N) is 2. The molecular formula is C26H25F3N4O8. The summed E-state index contributed by atoms with van der Waals surface area (Å²) in [6.45, 7) is -0.294. The fraction of sp³-hybridized carbons (Fsp3) is 0.385. The number of fused-ring (bicyclic) bond motifs is 3. The molecule has 0 aliphatic heterocycles. The summed E-state index contributed by atoms with van der Waals surface area (Å²) >= 11 is 0. The molecule has 1 amide bonds. The minimum absolute atomic E-state index is 0.0223. The number of carbonyl (C=O) groups excluding carboxylic acids is 3. The molecule has 0 bridgehead atoms. The third-order valence-corrected chi connectivity index (χ3v) is 7.83. The number of hydrogen-bond acceptors (Lipinski definition) is 11. The molecule has 1 saturated carbocycles. The van der Waals surface area contributed by atoms with E-state index in [9.17, 15) is 48.0 Å². The van der Waals surface area contributed by atoms with Crippen molar-refractivity contribution in [1.29, 1.82) is 0 Å². The Morgan fingerprint density at radius 3 is 2.51 bits per heavy atom. The number of rotatable bonds is 5. The van der Waals surface area contributed by atoms with Crippen LogP contribution in [0.15, 0.2) is 33.7 Å². The smallest absolute Gasteiger partial charge is 0.436 e. The van der Waals surface area contributed by atoms with Crippen LogP contribution in [0.25, 0.3) is 5.76 Å². The summed E-state index contributed by atoms with van der Waals surface area (Å²) in [4.78, 5) is 43.0. The average molecular weight is 579 g/mol. The Hall–Kier alpha value is -4.53. The van der Waals surface area contributed by atoms with Gasteiger partial charge in [-0.2, -0.15) is 18.2 Å². The summed E-state index contributed by atoms with van der Waals surface area (Å²) in [5.41, 5.74) is 0.944. The van der Waals surface area contributed by atoms with Gasteiger partial charge in [0.2, 0.25) is 5.78 Å². The van der Waals surface area contributed by atoms with E-state index in [1.165, 1.54) is 0 Å². The Balaban J connectivity index is 1.59. The highest BCUT2D eigenvalue weighted by Crippen LogP contribution is 2.53. The molecule has 218 valence electrons. The Morgan fingerprint density at radius 2 is 1.93 bits per heavy atom. The van der Waals surface area contributed by atoms with Gasteiger partial charge in [-0.25, -0.2) is 0 Å². The van der Waals surface area contributed by atoms with Crippen LogP contribution in [0.5, 0.6) is 5.75 Å². The molecule has 1 heterocycles. The van der Waals surface area contributed by atoms with Crippen LogP contribution in [0.4, 0.5) is 24.9 Å². The molecule has 41 heavy (non-hydrogen) atoms. The van der Waals surface area contributed by atoms with Crippen molar-refractivity contribution in [3.63, 3.8) is 0 Å². The third kappa shape index (κ3) is 4.18. The molecule has 7 N–H and O–H groups in total. The number of alkyl halides is 3. The molecule has 0 unspecified atom stereocenters. The van der Waals surface area contributed by atoms with Crippen molar-refractivity contribution in [2.75, 3.05) is 24.3 Å². The summed E-state index contributed by atoms with van der Waals surface area (Å²) in [7, 11) is 3.37. The Bertz CT molecular complexity index is 1570. The molecule has 3 atom stereocenters. The van der Waals surface area contributed by atoms with Gasteiger partial charge >= 0.3 is 6.18 Å². The molecule has 3 aliphatic rings. The van der Waals surface area contributed by atoms with Crippen LogP contribution in [0.1, 0.15) is 35.2 Å². The number of oxazole rings is 1. The Labute approximate surface area is 229 Å². The highest BCUT2D eigenvalue weighted by molar-refractivity contribution is 6.22. The SMILES string of the molecule is CN(C)c1cc(CNc2nc(C(F)(F)F)co2)c(O)c2c1C[C@H]1C[C@H]3CC(=O)C(C(N)=O)=C(O)[C@@]3(O)C(=O)C1=C2O. The quantitative estimate of drug-likeness (QED) is 0.284. The number of hydrogen-bond donors (Lipinski definition) is 6. The summed E-state index contributed by atoms with van der Waals surface area (Å²) in [6, 6.07) is 1.07. The number of halogens is 3. The predicted molar refractivity (Wildman–Crippen MR) is 135 cm³/mol. The summed E-state index contributed by atoms with van der Waals surface area (Å²) in [5.74, 6) is -7.45. The van der Waals surface area contributed by atoms with Crippen LogP contribution in [0, 0.1) is 11.8 Å². The van der Waals surface area contributed by atoms with Gasteiger partial charge in [0, 0.05) is 49.8 Å². The number of ketones is 2. The lowest BCUT2D eigenvalue weighted by Crippen LogP contribution is -2.58. The molecule has 1 fully saturated rings. The molecule has 12 nitrogen and oxygen atoms in total. The van der Waals surface area contributed by atoms with E-state index in [0.29, 0.717) is 17.5 Å². The zero-order valence-corrected chi connectivity index (χ0v) is 21.7. The van der Waals surface area contributed by atoms with Crippen molar-refractivity contribution in [3.8, 4) is 5.75 Å². The second-order valence-corrected chi connectivity index (χ2v) is 10.4. The van der Waals surface area contributed by atoms with Gasteiger partial charge in [0.25, 0.3) is 11.9 Å². The van der Waals surface area contributed by atoms with E-state index in [2.05, 4.69) is 10.3 Å². The van der Waals surface area contributed by atoms with Crippen molar-refractivity contribution < 1.29 is 52.4 Å². The molecule has 3 aliphatic carbocycles. The van der Waals surface area contributed by atoms with Gasteiger partial charge in [0.15, 0.2) is 17.1 Å². The number of aliphatic hydroxyl groups excluding tert-OH is 2. The van der Waals surface area contributed by atoms with Gasteiger partial charge in [-0.3, -0.25) is 14.4 Å². The topological polar surface area (TPSA) is 199 Å². The van der Waals surface area contributed by atoms with Crippen molar-refractivity contribution >= 4 is 34.9 Å². The highest BCUT2D eigenvalue weighted by Gasteiger charge is 2.60. The number of phenolic OH excluding ortho intramolecular Hbond substituents is 1. The third-order valence-electron chi connectivity index (χ3n) is 7.83. The number of aromatic hydroxyl groups is 1. The first-order valence-corrected chi connectivity index (χ1v) is 12.4. The van der Waals surface area contributed by atoms with Crippen LogP contribution in [0.3, 0.4) is 0 Å². The second-order valence-electron chi connectivity index (χ2n) is 10.4. The lowest BCUT2D eigenvalue weighted by atomic mass is 9.59. The number of primary amides is 1. The van der Waals surface area contributed by atoms with Crippen LogP contribution in [-0.4, -0.2) is 62.6 Å². The van der Waals surface area contributed by atoms with Gasteiger partial charge in [-0.15, -0.1) is 0 Å². The number of Topliss-reactive ketones (excluding diaryl/α,β-unsaturated/α-hetero) is 2.